The number of amides is 1. The molecule has 1 N–H and O–H groups in total. The third-order valence-corrected chi connectivity index (χ3v) is 4.86. The lowest BCUT2D eigenvalue weighted by atomic mass is 10.1. The van der Waals surface area contributed by atoms with Crippen molar-refractivity contribution in [3.05, 3.63) is 65.2 Å². The van der Waals surface area contributed by atoms with Crippen molar-refractivity contribution in [2.24, 2.45) is 0 Å². The lowest BCUT2D eigenvalue weighted by molar-refractivity contribution is -0.124. The lowest BCUT2D eigenvalue weighted by Crippen LogP contribution is -2.30. The zero-order valence-electron chi connectivity index (χ0n) is 16.7. The summed E-state index contributed by atoms with van der Waals surface area (Å²) in [6.07, 6.45) is 2.96. The smallest absolute Gasteiger partial charge is 0.338 e. The van der Waals surface area contributed by atoms with E-state index in [0.717, 1.165) is 25.9 Å². The van der Waals surface area contributed by atoms with Gasteiger partial charge in [-0.25, -0.2) is 4.79 Å². The van der Waals surface area contributed by atoms with Gasteiger partial charge in [0.15, 0.2) is 6.61 Å². The van der Waals surface area contributed by atoms with Crippen LogP contribution < -0.4 is 10.1 Å². The van der Waals surface area contributed by atoms with Gasteiger partial charge in [0.25, 0.3) is 5.91 Å². The summed E-state index contributed by atoms with van der Waals surface area (Å²) >= 11 is 0. The Bertz CT molecular complexity index is 812. The first kappa shape index (κ1) is 20.9. The molecule has 1 aliphatic rings. The molecule has 1 aliphatic heterocycles. The van der Waals surface area contributed by atoms with Crippen LogP contribution in [0.4, 0.5) is 0 Å². The molecule has 1 atom stereocenters. The first-order chi connectivity index (χ1) is 14.1. The molecule has 154 valence electrons. The molecule has 6 heteroatoms. The summed E-state index contributed by atoms with van der Waals surface area (Å²) in [5.41, 5.74) is 2.75. The molecule has 1 fully saturated rings. The molecule has 1 saturated heterocycles. The second-order valence-electron chi connectivity index (χ2n) is 7.07. The fraction of sp³-hybridized carbons (Fsp3) is 0.391. The third-order valence-electron chi connectivity index (χ3n) is 4.86. The van der Waals surface area contributed by atoms with Gasteiger partial charge in [0.1, 0.15) is 12.4 Å². The molecule has 3 rings (SSSR count). The number of ether oxygens (including phenoxy) is 3. The lowest BCUT2D eigenvalue weighted by Gasteiger charge is -2.11. The van der Waals surface area contributed by atoms with Crippen LogP contribution in [0.1, 0.15) is 34.3 Å². The molecule has 0 unspecified atom stereocenters. The average Bonchev–Trinajstić information content (AvgIpc) is 3.26. The fourth-order valence-electron chi connectivity index (χ4n) is 3.14. The van der Waals surface area contributed by atoms with Crippen molar-refractivity contribution < 1.29 is 23.8 Å². The van der Waals surface area contributed by atoms with Gasteiger partial charge in [0, 0.05) is 13.2 Å². The van der Waals surface area contributed by atoms with Crippen molar-refractivity contribution in [1.29, 1.82) is 0 Å². The maximum Gasteiger partial charge on any atom is 0.338 e. The van der Waals surface area contributed by atoms with Crippen LogP contribution in [-0.2, 0) is 20.7 Å². The Labute approximate surface area is 171 Å². The van der Waals surface area contributed by atoms with E-state index in [9.17, 15) is 9.59 Å². The van der Waals surface area contributed by atoms with Gasteiger partial charge in [-0.1, -0.05) is 24.3 Å². The van der Waals surface area contributed by atoms with E-state index in [1.165, 1.54) is 11.1 Å². The molecular weight excluding hydrogens is 370 g/mol. The largest absolute Gasteiger partial charge is 0.491 e. The number of benzene rings is 2. The summed E-state index contributed by atoms with van der Waals surface area (Å²) < 4.78 is 16.3. The quantitative estimate of drug-likeness (QED) is 0.659. The molecule has 1 heterocycles. The average molecular weight is 397 g/mol. The summed E-state index contributed by atoms with van der Waals surface area (Å²) in [5, 5.41) is 2.77. The van der Waals surface area contributed by atoms with Gasteiger partial charge in [-0.3, -0.25) is 4.79 Å². The number of hydrogen-bond donors (Lipinski definition) is 1. The van der Waals surface area contributed by atoms with E-state index >= 15 is 0 Å². The highest BCUT2D eigenvalue weighted by Gasteiger charge is 2.16. The molecule has 0 aliphatic carbocycles. The van der Waals surface area contributed by atoms with Crippen molar-refractivity contribution in [2.45, 2.75) is 32.3 Å². The van der Waals surface area contributed by atoms with E-state index in [1.807, 2.05) is 31.2 Å². The number of nitrogens with one attached hydrogen (secondary N) is 1. The van der Waals surface area contributed by atoms with Crippen LogP contribution in [0.25, 0.3) is 0 Å². The second-order valence-corrected chi connectivity index (χ2v) is 7.07. The Balaban J connectivity index is 1.36. The molecule has 0 bridgehead atoms. The fourth-order valence-corrected chi connectivity index (χ4v) is 3.14. The van der Waals surface area contributed by atoms with E-state index in [1.54, 1.807) is 24.3 Å². The Kier molecular flexibility index (Phi) is 7.64. The van der Waals surface area contributed by atoms with Crippen molar-refractivity contribution in [3.8, 4) is 5.75 Å². The van der Waals surface area contributed by atoms with Crippen molar-refractivity contribution in [1.82, 2.24) is 5.32 Å². The zero-order valence-corrected chi connectivity index (χ0v) is 16.7. The Morgan fingerprint density at radius 3 is 2.66 bits per heavy atom. The number of aryl methyl sites for hydroxylation is 1. The number of carbonyl (C=O) groups is 2. The van der Waals surface area contributed by atoms with Crippen LogP contribution >= 0.6 is 0 Å². The van der Waals surface area contributed by atoms with E-state index in [0.29, 0.717) is 24.5 Å². The highest BCUT2D eigenvalue weighted by molar-refractivity contribution is 5.91. The van der Waals surface area contributed by atoms with Gasteiger partial charge in [0.2, 0.25) is 0 Å². The summed E-state index contributed by atoms with van der Waals surface area (Å²) in [6.45, 7) is 3.53. The molecule has 6 nitrogen and oxygen atoms in total. The molecule has 0 saturated carbocycles. The number of carbonyl (C=O) groups excluding carboxylic acids is 2. The highest BCUT2D eigenvalue weighted by Crippen LogP contribution is 2.17. The van der Waals surface area contributed by atoms with Crippen LogP contribution in [-0.4, -0.2) is 44.3 Å². The van der Waals surface area contributed by atoms with E-state index in [4.69, 9.17) is 14.2 Å². The zero-order chi connectivity index (χ0) is 20.5. The number of hydrogen-bond acceptors (Lipinski definition) is 5. The molecule has 0 radical (unpaired) electrons. The molecule has 0 aromatic heterocycles. The van der Waals surface area contributed by atoms with Crippen molar-refractivity contribution in [2.75, 3.05) is 26.4 Å². The van der Waals surface area contributed by atoms with Crippen LogP contribution in [0.2, 0.25) is 0 Å². The predicted molar refractivity (Wildman–Crippen MR) is 109 cm³/mol. The van der Waals surface area contributed by atoms with Gasteiger partial charge in [-0.05, 0) is 61.6 Å². The maximum absolute atomic E-state index is 12.1. The van der Waals surface area contributed by atoms with Crippen LogP contribution in [0.5, 0.6) is 5.75 Å². The van der Waals surface area contributed by atoms with E-state index < -0.39 is 5.97 Å². The minimum atomic E-state index is -0.537. The molecule has 2 aromatic carbocycles. The van der Waals surface area contributed by atoms with Crippen LogP contribution in [0.3, 0.4) is 0 Å². The maximum atomic E-state index is 12.1. The van der Waals surface area contributed by atoms with E-state index in [2.05, 4.69) is 5.32 Å². The summed E-state index contributed by atoms with van der Waals surface area (Å²) in [6, 6.07) is 14.7. The van der Waals surface area contributed by atoms with Crippen molar-refractivity contribution in [3.63, 3.8) is 0 Å². The van der Waals surface area contributed by atoms with Crippen LogP contribution in [0.15, 0.2) is 48.5 Å². The van der Waals surface area contributed by atoms with Gasteiger partial charge in [0.05, 0.1) is 11.7 Å². The monoisotopic (exact) mass is 397 g/mol. The third kappa shape index (κ3) is 6.61. The molecule has 0 spiro atoms. The summed E-state index contributed by atoms with van der Waals surface area (Å²) in [4.78, 5) is 24.0. The topological polar surface area (TPSA) is 73.9 Å². The summed E-state index contributed by atoms with van der Waals surface area (Å²) in [5.74, 6) is -0.181. The first-order valence-electron chi connectivity index (χ1n) is 9.94. The van der Waals surface area contributed by atoms with Gasteiger partial charge in [-0.15, -0.1) is 0 Å². The second kappa shape index (κ2) is 10.6. The van der Waals surface area contributed by atoms with Crippen molar-refractivity contribution >= 4 is 11.9 Å². The molecule has 2 aromatic rings. The Morgan fingerprint density at radius 1 is 1.14 bits per heavy atom. The molecular formula is C23H27NO5. The normalized spacial score (nSPS) is 15.7. The van der Waals surface area contributed by atoms with Gasteiger partial charge in [-0.2, -0.15) is 0 Å². The minimum absolute atomic E-state index is 0.143. The van der Waals surface area contributed by atoms with Gasteiger partial charge < -0.3 is 19.5 Å². The van der Waals surface area contributed by atoms with E-state index in [-0.39, 0.29) is 18.6 Å². The SMILES string of the molecule is Cc1ccccc1CCNC(=O)COC(=O)c1ccc(OC[C@@H]2CCCO2)cc1. The molecule has 1 amide bonds. The first-order valence-corrected chi connectivity index (χ1v) is 9.94. The van der Waals surface area contributed by atoms with Crippen LogP contribution in [0, 0.1) is 6.92 Å². The Morgan fingerprint density at radius 2 is 1.93 bits per heavy atom. The minimum Gasteiger partial charge on any atom is -0.491 e. The molecule has 29 heavy (non-hydrogen) atoms. The number of rotatable bonds is 9. The standard InChI is InChI=1S/C23H27NO5/c1-17-5-2-3-6-18(17)12-13-24-22(25)16-29-23(26)19-8-10-20(11-9-19)28-15-21-7-4-14-27-21/h2-3,5-6,8-11,21H,4,7,12-16H2,1H3,(H,24,25)/t21-/m0/s1. The Hall–Kier alpha value is -2.86. The number of esters is 1. The van der Waals surface area contributed by atoms with Gasteiger partial charge >= 0.3 is 5.97 Å². The summed E-state index contributed by atoms with van der Waals surface area (Å²) in [7, 11) is 0. The highest BCUT2D eigenvalue weighted by atomic mass is 16.5. The predicted octanol–water partition coefficient (Wildman–Crippen LogP) is 3.07.